The molecule has 0 spiro atoms. The summed E-state index contributed by atoms with van der Waals surface area (Å²) in [6.45, 7) is 3.82. The molecule has 29 heavy (non-hydrogen) atoms. The molecule has 1 saturated heterocycles. The molecule has 3 aromatic carbocycles. The lowest BCUT2D eigenvalue weighted by Gasteiger charge is -2.28. The molecule has 0 aliphatic carbocycles. The van der Waals surface area contributed by atoms with Gasteiger partial charge in [-0.05, 0) is 53.4 Å². The van der Waals surface area contributed by atoms with Crippen LogP contribution >= 0.6 is 0 Å². The van der Waals surface area contributed by atoms with Gasteiger partial charge in [0.1, 0.15) is 0 Å². The van der Waals surface area contributed by atoms with Gasteiger partial charge in [0.2, 0.25) is 10.0 Å². The van der Waals surface area contributed by atoms with Gasteiger partial charge in [-0.2, -0.15) is 0 Å². The summed E-state index contributed by atoms with van der Waals surface area (Å²) in [6.07, 6.45) is 1.59. The average molecular weight is 411 g/mol. The average Bonchev–Trinajstić information content (AvgIpc) is 2.77. The normalized spacial score (nSPS) is 15.0. The molecule has 1 N–H and O–H groups in total. The van der Waals surface area contributed by atoms with E-state index < -0.39 is 10.0 Å². The van der Waals surface area contributed by atoms with Crippen molar-refractivity contribution in [2.24, 2.45) is 0 Å². The maximum Gasteiger partial charge on any atom is 0.240 e. The Bertz CT molecular complexity index is 1060. The predicted molar refractivity (Wildman–Crippen MR) is 117 cm³/mol. The first-order valence-corrected chi connectivity index (χ1v) is 11.5. The Morgan fingerprint density at radius 2 is 1.62 bits per heavy atom. The summed E-state index contributed by atoms with van der Waals surface area (Å²) in [5.74, 6) is 0. The van der Waals surface area contributed by atoms with Crippen LogP contribution in [0.4, 0.5) is 5.69 Å². The van der Waals surface area contributed by atoms with Gasteiger partial charge in [-0.25, -0.2) is 13.1 Å². The molecule has 5 nitrogen and oxygen atoms in total. The number of benzene rings is 3. The Hall–Kier alpha value is -2.41. The van der Waals surface area contributed by atoms with Crippen LogP contribution in [0.15, 0.2) is 71.6 Å². The summed E-state index contributed by atoms with van der Waals surface area (Å²) in [7, 11) is -3.50. The maximum absolute atomic E-state index is 12.6. The number of nitrogens with zero attached hydrogens (tertiary/aromatic N) is 1. The summed E-state index contributed by atoms with van der Waals surface area (Å²) in [5, 5.41) is 1.96. The minimum absolute atomic E-state index is 0.311. The first-order chi connectivity index (χ1) is 14.1. The van der Waals surface area contributed by atoms with E-state index in [0.717, 1.165) is 49.9 Å². The van der Waals surface area contributed by atoms with Crippen molar-refractivity contribution < 1.29 is 13.2 Å². The number of sulfonamides is 1. The van der Waals surface area contributed by atoms with Crippen LogP contribution < -0.4 is 9.62 Å². The number of ether oxygens (including phenoxy) is 1. The van der Waals surface area contributed by atoms with Gasteiger partial charge >= 0.3 is 0 Å². The summed E-state index contributed by atoms with van der Waals surface area (Å²) in [6, 6.07) is 21.5. The first kappa shape index (κ1) is 19.9. The predicted octanol–water partition coefficient (Wildman–Crippen LogP) is 3.59. The molecule has 0 radical (unpaired) electrons. The second-order valence-electron chi connectivity index (χ2n) is 7.28. The van der Waals surface area contributed by atoms with Gasteiger partial charge in [-0.15, -0.1) is 0 Å². The Balaban J connectivity index is 1.30. The van der Waals surface area contributed by atoms with Crippen LogP contribution in [0, 0.1) is 0 Å². The van der Waals surface area contributed by atoms with Crippen molar-refractivity contribution in [2.45, 2.75) is 17.7 Å². The molecule has 0 amide bonds. The third-order valence-corrected chi connectivity index (χ3v) is 6.74. The number of nitrogens with one attached hydrogen (secondary N) is 1. The minimum Gasteiger partial charge on any atom is -0.378 e. The molecule has 152 valence electrons. The molecule has 4 rings (SSSR count). The van der Waals surface area contributed by atoms with E-state index in [1.807, 2.05) is 30.3 Å². The number of aryl methyl sites for hydroxylation is 1. The second kappa shape index (κ2) is 8.95. The molecule has 3 aromatic rings. The molecule has 0 bridgehead atoms. The van der Waals surface area contributed by atoms with Crippen LogP contribution in [0.3, 0.4) is 0 Å². The number of hydrogen-bond acceptors (Lipinski definition) is 4. The van der Waals surface area contributed by atoms with Gasteiger partial charge in [0.25, 0.3) is 0 Å². The van der Waals surface area contributed by atoms with Crippen molar-refractivity contribution in [3.05, 3.63) is 72.3 Å². The molecule has 1 fully saturated rings. The Labute approximate surface area is 172 Å². The molecular weight excluding hydrogens is 384 g/mol. The van der Waals surface area contributed by atoms with Crippen molar-refractivity contribution in [1.82, 2.24) is 4.72 Å². The molecule has 0 unspecified atom stereocenters. The van der Waals surface area contributed by atoms with Crippen LogP contribution in [0.25, 0.3) is 10.8 Å². The molecule has 1 aliphatic heterocycles. The van der Waals surface area contributed by atoms with E-state index in [9.17, 15) is 8.42 Å². The Kier molecular flexibility index (Phi) is 6.13. The maximum atomic E-state index is 12.6. The van der Waals surface area contributed by atoms with Gasteiger partial charge in [-0.1, -0.05) is 42.5 Å². The SMILES string of the molecule is O=S(=O)(NCCCc1ccc(N2CCOCC2)cc1)c1ccc2ccccc2c1. The fourth-order valence-corrected chi connectivity index (χ4v) is 4.72. The fourth-order valence-electron chi connectivity index (χ4n) is 3.61. The zero-order valence-corrected chi connectivity index (χ0v) is 17.2. The zero-order chi connectivity index (χ0) is 20.1. The highest BCUT2D eigenvalue weighted by Crippen LogP contribution is 2.19. The van der Waals surface area contributed by atoms with Crippen LogP contribution in [-0.4, -0.2) is 41.3 Å². The number of anilines is 1. The van der Waals surface area contributed by atoms with Crippen LogP contribution in [0.2, 0.25) is 0 Å². The molecule has 6 heteroatoms. The van der Waals surface area contributed by atoms with Crippen molar-refractivity contribution >= 4 is 26.5 Å². The van der Waals surface area contributed by atoms with E-state index >= 15 is 0 Å². The largest absolute Gasteiger partial charge is 0.378 e. The third-order valence-electron chi connectivity index (χ3n) is 5.28. The Morgan fingerprint density at radius 1 is 0.897 bits per heavy atom. The summed E-state index contributed by atoms with van der Waals surface area (Å²) >= 11 is 0. The zero-order valence-electron chi connectivity index (χ0n) is 16.4. The number of hydrogen-bond donors (Lipinski definition) is 1. The Morgan fingerprint density at radius 3 is 2.38 bits per heavy atom. The van der Waals surface area contributed by atoms with E-state index in [0.29, 0.717) is 11.4 Å². The first-order valence-electron chi connectivity index (χ1n) is 10.0. The van der Waals surface area contributed by atoms with E-state index in [4.69, 9.17) is 4.74 Å². The van der Waals surface area contributed by atoms with Crippen molar-refractivity contribution in [1.29, 1.82) is 0 Å². The molecule has 1 aliphatic rings. The lowest BCUT2D eigenvalue weighted by atomic mass is 10.1. The van der Waals surface area contributed by atoms with E-state index in [-0.39, 0.29) is 0 Å². The monoisotopic (exact) mass is 410 g/mol. The third kappa shape index (κ3) is 4.96. The van der Waals surface area contributed by atoms with Gasteiger partial charge < -0.3 is 9.64 Å². The quantitative estimate of drug-likeness (QED) is 0.605. The van der Waals surface area contributed by atoms with Gasteiger partial charge in [0.05, 0.1) is 18.1 Å². The molecule has 0 aromatic heterocycles. The summed E-state index contributed by atoms with van der Waals surface area (Å²) in [4.78, 5) is 2.64. The standard InChI is InChI=1S/C23H26N2O3S/c26-29(27,23-12-9-20-5-1-2-6-21(20)18-23)24-13-3-4-19-7-10-22(11-8-19)25-14-16-28-17-15-25/h1-2,5-12,18,24H,3-4,13-17H2. The van der Waals surface area contributed by atoms with Crippen LogP contribution in [0.5, 0.6) is 0 Å². The highest BCUT2D eigenvalue weighted by molar-refractivity contribution is 7.89. The lowest BCUT2D eigenvalue weighted by molar-refractivity contribution is 0.122. The van der Waals surface area contributed by atoms with Crippen molar-refractivity contribution in [3.63, 3.8) is 0 Å². The molecular formula is C23H26N2O3S. The van der Waals surface area contributed by atoms with E-state index in [1.165, 1.54) is 11.3 Å². The highest BCUT2D eigenvalue weighted by atomic mass is 32.2. The molecule has 0 saturated carbocycles. The van der Waals surface area contributed by atoms with E-state index in [1.54, 1.807) is 12.1 Å². The minimum atomic E-state index is -3.50. The number of fused-ring (bicyclic) bond motifs is 1. The highest BCUT2D eigenvalue weighted by Gasteiger charge is 2.14. The fraction of sp³-hybridized carbons (Fsp3) is 0.304. The van der Waals surface area contributed by atoms with Crippen molar-refractivity contribution in [3.8, 4) is 0 Å². The van der Waals surface area contributed by atoms with Gasteiger partial charge in [-0.3, -0.25) is 0 Å². The molecule has 1 heterocycles. The van der Waals surface area contributed by atoms with Gasteiger partial charge in [0, 0.05) is 25.3 Å². The number of rotatable bonds is 7. The van der Waals surface area contributed by atoms with Crippen LogP contribution in [0.1, 0.15) is 12.0 Å². The lowest BCUT2D eigenvalue weighted by Crippen LogP contribution is -2.36. The number of morpholine rings is 1. The summed E-state index contributed by atoms with van der Waals surface area (Å²) in [5.41, 5.74) is 2.43. The second-order valence-corrected chi connectivity index (χ2v) is 9.04. The van der Waals surface area contributed by atoms with E-state index in [2.05, 4.69) is 33.9 Å². The summed E-state index contributed by atoms with van der Waals surface area (Å²) < 4.78 is 33.3. The smallest absolute Gasteiger partial charge is 0.240 e. The van der Waals surface area contributed by atoms with Gasteiger partial charge in [0.15, 0.2) is 0 Å². The van der Waals surface area contributed by atoms with Crippen molar-refractivity contribution in [2.75, 3.05) is 37.7 Å². The topological polar surface area (TPSA) is 58.6 Å². The van der Waals surface area contributed by atoms with Crippen LogP contribution in [-0.2, 0) is 21.2 Å². The molecule has 0 atom stereocenters.